The van der Waals surface area contributed by atoms with Crippen LogP contribution in [-0.2, 0) is 6.42 Å². The molecule has 2 N–H and O–H groups in total. The molecule has 18 heavy (non-hydrogen) atoms. The molecular weight excluding hydrogens is 248 g/mol. The van der Waals surface area contributed by atoms with E-state index in [0.717, 1.165) is 30.0 Å². The summed E-state index contributed by atoms with van der Waals surface area (Å²) >= 11 is 1.62. The third-order valence-corrected chi connectivity index (χ3v) is 3.67. The zero-order valence-electron chi connectivity index (χ0n) is 9.80. The number of aromatic hydroxyl groups is 1. The van der Waals surface area contributed by atoms with Gasteiger partial charge >= 0.3 is 0 Å². The first-order chi connectivity index (χ1) is 8.83. The fourth-order valence-electron chi connectivity index (χ4n) is 2.10. The number of fused-ring (bicyclic) bond motifs is 1. The van der Waals surface area contributed by atoms with Crippen molar-refractivity contribution in [2.45, 2.75) is 12.5 Å². The average Bonchev–Trinajstić information content (AvgIpc) is 2.99. The lowest BCUT2D eigenvalue weighted by atomic mass is 10.1. The number of hydrogen-bond donors (Lipinski definition) is 2. The second-order valence-corrected chi connectivity index (χ2v) is 4.99. The second kappa shape index (κ2) is 4.96. The number of hydrogen-bond acceptors (Lipinski definition) is 5. The number of ether oxygens (including phenoxy) is 1. The van der Waals surface area contributed by atoms with Crippen LogP contribution < -0.4 is 10.1 Å². The van der Waals surface area contributed by atoms with Gasteiger partial charge in [-0.05, 0) is 12.1 Å². The van der Waals surface area contributed by atoms with E-state index >= 15 is 0 Å². The summed E-state index contributed by atoms with van der Waals surface area (Å²) in [4.78, 5) is 4.25. The van der Waals surface area contributed by atoms with E-state index in [2.05, 4.69) is 15.7 Å². The highest BCUT2D eigenvalue weighted by Gasteiger charge is 2.23. The van der Waals surface area contributed by atoms with Crippen LogP contribution in [0, 0.1) is 0 Å². The van der Waals surface area contributed by atoms with Crippen molar-refractivity contribution in [3.05, 3.63) is 40.3 Å². The van der Waals surface area contributed by atoms with Crippen molar-refractivity contribution in [1.29, 1.82) is 0 Å². The molecule has 0 fully saturated rings. The van der Waals surface area contributed by atoms with E-state index in [1.165, 1.54) is 0 Å². The van der Waals surface area contributed by atoms with E-state index in [9.17, 15) is 5.11 Å². The topological polar surface area (TPSA) is 54.4 Å². The first kappa shape index (κ1) is 11.5. The summed E-state index contributed by atoms with van der Waals surface area (Å²) in [7, 11) is 0. The lowest BCUT2D eigenvalue weighted by Gasteiger charge is -2.10. The monoisotopic (exact) mass is 262 g/mol. The van der Waals surface area contributed by atoms with Crippen molar-refractivity contribution >= 4 is 11.3 Å². The Morgan fingerprint density at radius 3 is 3.28 bits per heavy atom. The summed E-state index contributed by atoms with van der Waals surface area (Å²) in [5.41, 5.74) is 4.09. The highest BCUT2D eigenvalue weighted by molar-refractivity contribution is 7.07. The zero-order valence-corrected chi connectivity index (χ0v) is 10.6. The maximum Gasteiger partial charge on any atom is 0.127 e. The Morgan fingerprint density at radius 1 is 1.50 bits per heavy atom. The maximum atomic E-state index is 9.38. The molecule has 0 bridgehead atoms. The molecule has 1 unspecified atom stereocenters. The fourth-order valence-corrected chi connectivity index (χ4v) is 2.70. The number of phenols is 1. The highest BCUT2D eigenvalue weighted by Crippen LogP contribution is 2.34. The van der Waals surface area contributed by atoms with Crippen molar-refractivity contribution in [3.63, 3.8) is 0 Å². The number of nitrogens with one attached hydrogen (secondary N) is 1. The third kappa shape index (κ3) is 2.32. The van der Waals surface area contributed by atoms with Crippen LogP contribution in [0.3, 0.4) is 0 Å². The molecule has 94 valence electrons. The fraction of sp³-hybridized carbons (Fsp3) is 0.308. The average molecular weight is 262 g/mol. The molecule has 0 saturated carbocycles. The number of rotatable bonds is 4. The number of phenolic OH excluding ortho intramolecular Hbond substituents is 1. The molecule has 0 amide bonds. The van der Waals surface area contributed by atoms with E-state index in [1.54, 1.807) is 23.5 Å². The van der Waals surface area contributed by atoms with Gasteiger partial charge < -0.3 is 15.2 Å². The molecule has 3 rings (SSSR count). The second-order valence-electron chi connectivity index (χ2n) is 4.27. The smallest absolute Gasteiger partial charge is 0.127 e. The minimum Gasteiger partial charge on any atom is -0.508 e. The molecule has 0 spiro atoms. The normalized spacial score (nSPS) is 17.4. The molecule has 1 aliphatic rings. The maximum absolute atomic E-state index is 9.38. The van der Waals surface area contributed by atoms with Crippen molar-refractivity contribution in [1.82, 2.24) is 10.3 Å². The van der Waals surface area contributed by atoms with E-state index in [0.29, 0.717) is 6.61 Å². The Labute approximate surface area is 109 Å². The molecule has 1 atom stereocenters. The number of thiazole rings is 1. The Kier molecular flexibility index (Phi) is 3.17. The van der Waals surface area contributed by atoms with Crippen LogP contribution in [0.1, 0.15) is 17.3 Å². The highest BCUT2D eigenvalue weighted by atomic mass is 32.1. The summed E-state index contributed by atoms with van der Waals surface area (Å²) in [5.74, 6) is 1.03. The molecule has 0 saturated heterocycles. The van der Waals surface area contributed by atoms with Crippen molar-refractivity contribution in [2.24, 2.45) is 0 Å². The minimum absolute atomic E-state index is 0.208. The summed E-state index contributed by atoms with van der Waals surface area (Å²) in [6.45, 7) is 1.49. The van der Waals surface area contributed by atoms with Gasteiger partial charge in [0.25, 0.3) is 0 Å². The van der Waals surface area contributed by atoms with E-state index in [4.69, 9.17) is 4.74 Å². The predicted molar refractivity (Wildman–Crippen MR) is 70.2 cm³/mol. The van der Waals surface area contributed by atoms with Gasteiger partial charge in [0.1, 0.15) is 18.1 Å². The lowest BCUT2D eigenvalue weighted by Crippen LogP contribution is -2.24. The quantitative estimate of drug-likeness (QED) is 0.886. The molecule has 1 aliphatic heterocycles. The van der Waals surface area contributed by atoms with Gasteiger partial charge in [0.15, 0.2) is 0 Å². The Bertz CT molecular complexity index is 528. The standard InChI is InChI=1S/C13H14N2O2S/c16-10-1-2-11-12(6-17-13(11)5-10)14-4-3-9-7-18-8-15-9/h1-2,5,7-8,12,14,16H,3-4,6H2. The van der Waals surface area contributed by atoms with Crippen LogP contribution in [0.2, 0.25) is 0 Å². The van der Waals surface area contributed by atoms with Gasteiger partial charge in [0, 0.05) is 30.0 Å². The molecule has 0 radical (unpaired) electrons. The van der Waals surface area contributed by atoms with Gasteiger partial charge in [-0.1, -0.05) is 0 Å². The largest absolute Gasteiger partial charge is 0.508 e. The van der Waals surface area contributed by atoms with Crippen LogP contribution in [0.15, 0.2) is 29.1 Å². The Hall–Kier alpha value is -1.59. The van der Waals surface area contributed by atoms with E-state index in [-0.39, 0.29) is 11.8 Å². The van der Waals surface area contributed by atoms with Crippen LogP contribution in [0.5, 0.6) is 11.5 Å². The molecule has 1 aromatic heterocycles. The van der Waals surface area contributed by atoms with Gasteiger partial charge in [0.2, 0.25) is 0 Å². The van der Waals surface area contributed by atoms with Crippen LogP contribution >= 0.6 is 11.3 Å². The Balaban J connectivity index is 1.59. The van der Waals surface area contributed by atoms with Gasteiger partial charge in [-0.15, -0.1) is 11.3 Å². The first-order valence-electron chi connectivity index (χ1n) is 5.89. The van der Waals surface area contributed by atoms with Crippen LogP contribution in [0.4, 0.5) is 0 Å². The van der Waals surface area contributed by atoms with E-state index < -0.39 is 0 Å². The van der Waals surface area contributed by atoms with Gasteiger partial charge in [-0.2, -0.15) is 0 Å². The van der Waals surface area contributed by atoms with Crippen LogP contribution in [0.25, 0.3) is 0 Å². The SMILES string of the molecule is Oc1ccc2c(c1)OCC2NCCc1cscn1. The molecular formula is C13H14N2O2S. The summed E-state index contributed by atoms with van der Waals surface area (Å²) in [5, 5.41) is 14.9. The first-order valence-corrected chi connectivity index (χ1v) is 6.83. The van der Waals surface area contributed by atoms with Gasteiger partial charge in [-0.3, -0.25) is 0 Å². The zero-order chi connectivity index (χ0) is 12.4. The van der Waals surface area contributed by atoms with Crippen molar-refractivity contribution in [3.8, 4) is 11.5 Å². The predicted octanol–water partition coefficient (Wildman–Crippen LogP) is 2.11. The molecule has 1 aromatic carbocycles. The number of benzene rings is 1. The summed E-state index contributed by atoms with van der Waals surface area (Å²) in [6.07, 6.45) is 0.924. The lowest BCUT2D eigenvalue weighted by molar-refractivity contribution is 0.311. The number of nitrogens with zero attached hydrogens (tertiary/aromatic N) is 1. The van der Waals surface area contributed by atoms with Crippen molar-refractivity contribution in [2.75, 3.05) is 13.2 Å². The summed E-state index contributed by atoms with van der Waals surface area (Å²) in [6, 6.07) is 5.48. The Morgan fingerprint density at radius 2 is 2.44 bits per heavy atom. The summed E-state index contributed by atoms with van der Waals surface area (Å²) < 4.78 is 5.54. The molecule has 2 aromatic rings. The van der Waals surface area contributed by atoms with Gasteiger partial charge in [0.05, 0.1) is 17.2 Å². The molecule has 0 aliphatic carbocycles. The van der Waals surface area contributed by atoms with E-state index in [1.807, 2.05) is 11.6 Å². The van der Waals surface area contributed by atoms with Crippen LogP contribution in [-0.4, -0.2) is 23.2 Å². The molecule has 4 nitrogen and oxygen atoms in total. The number of aromatic nitrogens is 1. The van der Waals surface area contributed by atoms with Gasteiger partial charge in [-0.25, -0.2) is 4.98 Å². The molecule has 5 heteroatoms. The molecule has 2 heterocycles. The third-order valence-electron chi connectivity index (χ3n) is 3.03. The van der Waals surface area contributed by atoms with Crippen molar-refractivity contribution < 1.29 is 9.84 Å². The minimum atomic E-state index is 0.208.